The summed E-state index contributed by atoms with van der Waals surface area (Å²) in [4.78, 5) is 10.5. The van der Waals surface area contributed by atoms with Gasteiger partial charge in [0.2, 0.25) is 5.91 Å². The van der Waals surface area contributed by atoms with Crippen LogP contribution >= 0.6 is 0 Å². The summed E-state index contributed by atoms with van der Waals surface area (Å²) < 4.78 is 5.18. The van der Waals surface area contributed by atoms with Gasteiger partial charge in [0.15, 0.2) is 0 Å². The fourth-order valence-electron chi connectivity index (χ4n) is 1.12. The average molecular weight is 218 g/mol. The van der Waals surface area contributed by atoms with E-state index in [9.17, 15) is 4.79 Å². The van der Waals surface area contributed by atoms with Crippen LogP contribution in [0.25, 0.3) is 6.08 Å². The van der Waals surface area contributed by atoms with Crippen molar-refractivity contribution in [2.45, 2.75) is 6.92 Å². The number of rotatable bonds is 4. The lowest BCUT2D eigenvalue weighted by molar-refractivity contribution is -0.118. The normalized spacial score (nSPS) is 10.9. The van der Waals surface area contributed by atoms with Crippen LogP contribution in [0.2, 0.25) is 0 Å². The first-order valence-electron chi connectivity index (χ1n) is 4.83. The van der Waals surface area contributed by atoms with Crippen molar-refractivity contribution in [1.82, 2.24) is 5.43 Å². The van der Waals surface area contributed by atoms with Crippen molar-refractivity contribution >= 4 is 18.2 Å². The summed E-state index contributed by atoms with van der Waals surface area (Å²) in [6, 6.07) is 7.64. The van der Waals surface area contributed by atoms with Crippen LogP contribution in [0.15, 0.2) is 35.4 Å². The molecule has 0 saturated carbocycles. The average Bonchev–Trinajstić information content (AvgIpc) is 2.29. The number of benzene rings is 1. The fourth-order valence-corrected chi connectivity index (χ4v) is 1.12. The summed E-state index contributed by atoms with van der Waals surface area (Å²) in [5.41, 5.74) is 3.27. The van der Waals surface area contributed by atoms with E-state index >= 15 is 0 Å². The molecule has 0 aliphatic rings. The monoisotopic (exact) mass is 218 g/mol. The Labute approximate surface area is 94.6 Å². The molecular weight excluding hydrogens is 204 g/mol. The largest absolute Gasteiger partial charge is 0.496 e. The molecule has 0 heterocycles. The molecule has 16 heavy (non-hydrogen) atoms. The van der Waals surface area contributed by atoms with E-state index in [1.807, 2.05) is 30.3 Å². The molecule has 0 fully saturated rings. The lowest BCUT2D eigenvalue weighted by Gasteiger charge is -2.02. The highest BCUT2D eigenvalue weighted by Crippen LogP contribution is 2.18. The predicted molar refractivity (Wildman–Crippen MR) is 64.3 cm³/mol. The lowest BCUT2D eigenvalue weighted by atomic mass is 10.2. The van der Waals surface area contributed by atoms with E-state index in [2.05, 4.69) is 10.5 Å². The van der Waals surface area contributed by atoms with E-state index < -0.39 is 0 Å². The van der Waals surface area contributed by atoms with Gasteiger partial charge < -0.3 is 4.74 Å². The second-order valence-electron chi connectivity index (χ2n) is 3.05. The molecule has 1 aromatic rings. The maximum Gasteiger partial charge on any atom is 0.236 e. The van der Waals surface area contributed by atoms with Crippen molar-refractivity contribution in [2.24, 2.45) is 5.10 Å². The van der Waals surface area contributed by atoms with Gasteiger partial charge in [-0.25, -0.2) is 5.43 Å². The number of hydrogen-bond donors (Lipinski definition) is 1. The summed E-state index contributed by atoms with van der Waals surface area (Å²) in [7, 11) is 1.62. The maximum atomic E-state index is 10.5. The standard InChI is InChI=1S/C12H14N2O2/c1-10(15)14-13-9-5-7-11-6-3-4-8-12(11)16-2/h3-9H,1-2H3,(H,14,15)/b7-5+,13-9-. The lowest BCUT2D eigenvalue weighted by Crippen LogP contribution is -2.11. The molecule has 4 heteroatoms. The van der Waals surface area contributed by atoms with Crippen LogP contribution in [0.4, 0.5) is 0 Å². The summed E-state index contributed by atoms with van der Waals surface area (Å²) >= 11 is 0. The number of para-hydroxylation sites is 1. The highest BCUT2D eigenvalue weighted by molar-refractivity contribution is 5.81. The fraction of sp³-hybridized carbons (Fsp3) is 0.167. The number of hydrogen-bond acceptors (Lipinski definition) is 3. The molecule has 0 bridgehead atoms. The van der Waals surface area contributed by atoms with Crippen molar-refractivity contribution in [1.29, 1.82) is 0 Å². The highest BCUT2D eigenvalue weighted by Gasteiger charge is 1.94. The van der Waals surface area contributed by atoms with Gasteiger partial charge >= 0.3 is 0 Å². The van der Waals surface area contributed by atoms with E-state index in [-0.39, 0.29) is 5.91 Å². The number of nitrogens with zero attached hydrogens (tertiary/aromatic N) is 1. The summed E-state index contributed by atoms with van der Waals surface area (Å²) in [6.45, 7) is 1.40. The SMILES string of the molecule is COc1ccccc1/C=C/C=N\NC(C)=O. The Morgan fingerprint density at radius 2 is 2.19 bits per heavy atom. The van der Waals surface area contributed by atoms with Crippen LogP contribution in [0.3, 0.4) is 0 Å². The van der Waals surface area contributed by atoms with Crippen LogP contribution in [0, 0.1) is 0 Å². The molecule has 4 nitrogen and oxygen atoms in total. The maximum absolute atomic E-state index is 10.5. The van der Waals surface area contributed by atoms with E-state index in [0.717, 1.165) is 11.3 Å². The third-order valence-corrected chi connectivity index (χ3v) is 1.80. The molecule has 1 N–H and O–H groups in total. The van der Waals surface area contributed by atoms with E-state index in [4.69, 9.17) is 4.74 Å². The minimum atomic E-state index is -0.193. The van der Waals surface area contributed by atoms with Crippen LogP contribution in [0.5, 0.6) is 5.75 Å². The number of amides is 1. The molecule has 1 aromatic carbocycles. The Morgan fingerprint density at radius 3 is 2.88 bits per heavy atom. The van der Waals surface area contributed by atoms with Gasteiger partial charge in [-0.05, 0) is 18.2 Å². The number of nitrogens with one attached hydrogen (secondary N) is 1. The molecule has 0 aromatic heterocycles. The van der Waals surface area contributed by atoms with Gasteiger partial charge in [-0.2, -0.15) is 5.10 Å². The zero-order valence-electron chi connectivity index (χ0n) is 9.31. The van der Waals surface area contributed by atoms with E-state index in [1.165, 1.54) is 13.1 Å². The van der Waals surface area contributed by atoms with Crippen molar-refractivity contribution in [3.8, 4) is 5.75 Å². The number of allylic oxidation sites excluding steroid dienone is 1. The molecule has 1 amide bonds. The number of carbonyl (C=O) groups is 1. The molecule has 0 saturated heterocycles. The molecule has 0 aliphatic carbocycles. The Balaban J connectivity index is 2.62. The highest BCUT2D eigenvalue weighted by atomic mass is 16.5. The van der Waals surface area contributed by atoms with Crippen LogP contribution in [-0.2, 0) is 4.79 Å². The zero-order chi connectivity index (χ0) is 11.8. The second kappa shape index (κ2) is 6.40. The quantitative estimate of drug-likeness (QED) is 0.619. The van der Waals surface area contributed by atoms with Gasteiger partial charge in [-0.15, -0.1) is 0 Å². The van der Waals surface area contributed by atoms with Crippen LogP contribution in [0.1, 0.15) is 12.5 Å². The summed E-state index contributed by atoms with van der Waals surface area (Å²) in [6.07, 6.45) is 5.09. The van der Waals surface area contributed by atoms with E-state index in [0.29, 0.717) is 0 Å². The molecule has 0 radical (unpaired) electrons. The Hall–Kier alpha value is -2.10. The molecule has 84 valence electrons. The third kappa shape index (κ3) is 3.96. The first-order valence-corrected chi connectivity index (χ1v) is 4.83. The molecule has 0 aliphatic heterocycles. The Kier molecular flexibility index (Phi) is 4.79. The van der Waals surface area contributed by atoms with Gasteiger partial charge in [0, 0.05) is 18.7 Å². The van der Waals surface area contributed by atoms with Crippen molar-refractivity contribution in [3.05, 3.63) is 35.9 Å². The molecule has 1 rings (SSSR count). The number of hydrazone groups is 1. The smallest absolute Gasteiger partial charge is 0.236 e. The summed E-state index contributed by atoms with van der Waals surface area (Å²) in [5, 5.41) is 3.69. The van der Waals surface area contributed by atoms with Crippen molar-refractivity contribution < 1.29 is 9.53 Å². The molecule has 0 unspecified atom stereocenters. The Bertz CT molecular complexity index is 411. The Morgan fingerprint density at radius 1 is 1.44 bits per heavy atom. The minimum absolute atomic E-state index is 0.193. The molecular formula is C12H14N2O2. The molecule has 0 atom stereocenters. The van der Waals surface area contributed by atoms with Gasteiger partial charge in [0.25, 0.3) is 0 Å². The van der Waals surface area contributed by atoms with Crippen LogP contribution < -0.4 is 10.2 Å². The van der Waals surface area contributed by atoms with Gasteiger partial charge in [-0.3, -0.25) is 4.79 Å². The van der Waals surface area contributed by atoms with Gasteiger partial charge in [0.1, 0.15) is 5.75 Å². The minimum Gasteiger partial charge on any atom is -0.496 e. The second-order valence-corrected chi connectivity index (χ2v) is 3.05. The predicted octanol–water partition coefficient (Wildman–Crippen LogP) is 1.83. The van der Waals surface area contributed by atoms with Crippen molar-refractivity contribution in [3.63, 3.8) is 0 Å². The third-order valence-electron chi connectivity index (χ3n) is 1.80. The molecule has 0 spiro atoms. The van der Waals surface area contributed by atoms with E-state index in [1.54, 1.807) is 13.2 Å². The number of methoxy groups -OCH3 is 1. The zero-order valence-corrected chi connectivity index (χ0v) is 9.31. The van der Waals surface area contributed by atoms with Gasteiger partial charge in [-0.1, -0.05) is 18.2 Å². The number of ether oxygens (including phenoxy) is 1. The topological polar surface area (TPSA) is 50.7 Å². The number of carbonyl (C=O) groups excluding carboxylic acids is 1. The van der Waals surface area contributed by atoms with Gasteiger partial charge in [0.05, 0.1) is 7.11 Å². The first-order chi connectivity index (χ1) is 7.74. The van der Waals surface area contributed by atoms with Crippen LogP contribution in [-0.4, -0.2) is 19.2 Å². The summed E-state index contributed by atoms with van der Waals surface area (Å²) in [5.74, 6) is 0.605. The first kappa shape index (κ1) is 12.0. The van der Waals surface area contributed by atoms with Crippen molar-refractivity contribution in [2.75, 3.05) is 7.11 Å².